The lowest BCUT2D eigenvalue weighted by Crippen LogP contribution is -2.44. The number of hydrogen-bond donors (Lipinski definition) is 2. The summed E-state index contributed by atoms with van der Waals surface area (Å²) >= 11 is 0. The third kappa shape index (κ3) is 4.47. The van der Waals surface area contributed by atoms with Crippen LogP contribution in [0, 0.1) is 0 Å². The van der Waals surface area contributed by atoms with Crippen molar-refractivity contribution in [2.24, 2.45) is 0 Å². The molecule has 3 rings (SSSR count). The topological polar surface area (TPSA) is 105 Å². The maximum absolute atomic E-state index is 12.6. The minimum absolute atomic E-state index is 0.0501. The van der Waals surface area contributed by atoms with Crippen LogP contribution in [0.1, 0.15) is 57.1 Å². The van der Waals surface area contributed by atoms with Gasteiger partial charge in [0.15, 0.2) is 6.61 Å². The highest BCUT2D eigenvalue weighted by molar-refractivity contribution is 6.07. The van der Waals surface area contributed by atoms with Crippen molar-refractivity contribution in [1.29, 1.82) is 0 Å². The van der Waals surface area contributed by atoms with Gasteiger partial charge in [0.1, 0.15) is 5.54 Å². The Morgan fingerprint density at radius 3 is 2.37 bits per heavy atom. The van der Waals surface area contributed by atoms with Crippen molar-refractivity contribution in [1.82, 2.24) is 10.2 Å². The van der Waals surface area contributed by atoms with Gasteiger partial charge in [0.25, 0.3) is 11.8 Å². The number of carbonyl (C=O) groups is 4. The van der Waals surface area contributed by atoms with Gasteiger partial charge in [-0.1, -0.05) is 44.9 Å². The molecule has 1 spiro atoms. The third-order valence-corrected chi connectivity index (χ3v) is 5.87. The first kappa shape index (κ1) is 21.8. The van der Waals surface area contributed by atoms with Crippen LogP contribution in [0.2, 0.25) is 0 Å². The van der Waals surface area contributed by atoms with E-state index in [2.05, 4.69) is 10.6 Å². The van der Waals surface area contributed by atoms with Crippen molar-refractivity contribution >= 4 is 29.5 Å². The molecule has 1 aromatic rings. The van der Waals surface area contributed by atoms with E-state index >= 15 is 0 Å². The van der Waals surface area contributed by atoms with Gasteiger partial charge in [-0.15, -0.1) is 0 Å². The van der Waals surface area contributed by atoms with E-state index in [1.54, 1.807) is 0 Å². The second kappa shape index (κ2) is 9.28. The zero-order chi connectivity index (χ0) is 21.7. The Morgan fingerprint density at radius 2 is 1.77 bits per heavy atom. The Hall–Kier alpha value is -2.90. The van der Waals surface area contributed by atoms with Crippen LogP contribution >= 0.6 is 0 Å². The highest BCUT2D eigenvalue weighted by atomic mass is 16.5. The molecule has 2 fully saturated rings. The monoisotopic (exact) mass is 415 g/mol. The van der Waals surface area contributed by atoms with Gasteiger partial charge in [-0.05, 0) is 36.8 Å². The lowest BCUT2D eigenvalue weighted by molar-refractivity contribution is -0.147. The van der Waals surface area contributed by atoms with E-state index < -0.39 is 30.1 Å². The van der Waals surface area contributed by atoms with E-state index in [9.17, 15) is 19.2 Å². The molecule has 30 heavy (non-hydrogen) atoms. The summed E-state index contributed by atoms with van der Waals surface area (Å²) in [7, 11) is 0. The molecule has 0 bridgehead atoms. The summed E-state index contributed by atoms with van der Waals surface area (Å²) in [6.07, 6.45) is 4.48. The fourth-order valence-electron chi connectivity index (χ4n) is 4.20. The first-order valence-electron chi connectivity index (χ1n) is 10.6. The summed E-state index contributed by atoms with van der Waals surface area (Å²) in [6.45, 7) is 3.56. The van der Waals surface area contributed by atoms with Crippen molar-refractivity contribution in [2.45, 2.75) is 64.3 Å². The van der Waals surface area contributed by atoms with Crippen LogP contribution < -0.4 is 10.6 Å². The van der Waals surface area contributed by atoms with Gasteiger partial charge in [-0.3, -0.25) is 19.3 Å². The van der Waals surface area contributed by atoms with Crippen LogP contribution in [0.4, 0.5) is 10.5 Å². The molecule has 0 unspecified atom stereocenters. The number of para-hydroxylation sites is 1. The molecule has 1 aliphatic heterocycles. The number of nitrogens with one attached hydrogen (secondary N) is 2. The average Bonchev–Trinajstić information content (AvgIpc) is 3.30. The molecule has 0 radical (unpaired) electrons. The van der Waals surface area contributed by atoms with Crippen molar-refractivity contribution in [3.05, 3.63) is 29.3 Å². The van der Waals surface area contributed by atoms with Crippen LogP contribution in [0.3, 0.4) is 0 Å². The number of nitrogens with zero attached hydrogens (tertiary/aromatic N) is 1. The van der Waals surface area contributed by atoms with Crippen molar-refractivity contribution in [3.63, 3.8) is 0 Å². The van der Waals surface area contributed by atoms with Gasteiger partial charge in [0.05, 0.1) is 6.42 Å². The Kier molecular flexibility index (Phi) is 6.74. The lowest BCUT2D eigenvalue weighted by Gasteiger charge is -2.19. The van der Waals surface area contributed by atoms with Crippen LogP contribution in [0.15, 0.2) is 18.2 Å². The van der Waals surface area contributed by atoms with Gasteiger partial charge in [0.2, 0.25) is 0 Å². The number of amides is 4. The number of hydrogen-bond acceptors (Lipinski definition) is 5. The van der Waals surface area contributed by atoms with Crippen LogP contribution in [0.5, 0.6) is 0 Å². The van der Waals surface area contributed by atoms with E-state index in [1.165, 1.54) is 0 Å². The molecular weight excluding hydrogens is 386 g/mol. The van der Waals surface area contributed by atoms with E-state index in [1.807, 2.05) is 32.0 Å². The summed E-state index contributed by atoms with van der Waals surface area (Å²) in [5, 5.41) is 5.61. The Balaban J connectivity index is 1.48. The third-order valence-electron chi connectivity index (χ3n) is 5.87. The molecule has 4 amide bonds. The molecule has 0 aromatic heterocycles. The first-order chi connectivity index (χ1) is 14.4. The minimum Gasteiger partial charge on any atom is -0.456 e. The summed E-state index contributed by atoms with van der Waals surface area (Å²) in [5.74, 6) is -1.31. The smallest absolute Gasteiger partial charge is 0.325 e. The summed E-state index contributed by atoms with van der Waals surface area (Å²) in [5.41, 5.74) is 2.02. The second-order valence-electron chi connectivity index (χ2n) is 7.79. The summed E-state index contributed by atoms with van der Waals surface area (Å²) < 4.78 is 5.05. The lowest BCUT2D eigenvalue weighted by atomic mass is 9.98. The van der Waals surface area contributed by atoms with Crippen LogP contribution in [-0.4, -0.2) is 47.4 Å². The number of urea groups is 1. The molecule has 8 nitrogen and oxygen atoms in total. The molecule has 8 heteroatoms. The van der Waals surface area contributed by atoms with Gasteiger partial charge in [-0.2, -0.15) is 0 Å². The largest absolute Gasteiger partial charge is 0.456 e. The number of ether oxygens (including phenoxy) is 1. The molecule has 162 valence electrons. The number of imide groups is 1. The van der Waals surface area contributed by atoms with Crippen LogP contribution in [0.25, 0.3) is 0 Å². The molecule has 2 N–H and O–H groups in total. The molecule has 1 aromatic carbocycles. The standard InChI is InChI=1S/C22H29N3O5/c1-3-15-8-7-9-16(4-2)19(15)23-17(26)14-30-18(27)10-13-25-20(28)22(24-21(25)29)11-5-6-12-22/h7-9H,3-6,10-14H2,1-2H3,(H,23,26)(H,24,29). The van der Waals surface area contributed by atoms with Gasteiger partial charge >= 0.3 is 12.0 Å². The fraction of sp³-hybridized carbons (Fsp3) is 0.545. The highest BCUT2D eigenvalue weighted by Crippen LogP contribution is 2.35. The maximum atomic E-state index is 12.6. The van der Waals surface area contributed by atoms with Gasteiger partial charge in [-0.25, -0.2) is 4.79 Å². The van der Waals surface area contributed by atoms with Crippen molar-refractivity contribution in [2.75, 3.05) is 18.5 Å². The van der Waals surface area contributed by atoms with E-state index in [-0.39, 0.29) is 18.9 Å². The SMILES string of the molecule is CCc1cccc(CC)c1NC(=O)COC(=O)CCN1C(=O)NC2(CCCC2)C1=O. The minimum atomic E-state index is -0.787. The summed E-state index contributed by atoms with van der Waals surface area (Å²) in [4.78, 5) is 50.1. The quantitative estimate of drug-likeness (QED) is 0.501. The number of rotatable bonds is 8. The molecule has 1 saturated heterocycles. The Bertz CT molecular complexity index is 823. The Morgan fingerprint density at radius 1 is 1.13 bits per heavy atom. The molecule has 1 aliphatic carbocycles. The zero-order valence-corrected chi connectivity index (χ0v) is 17.6. The first-order valence-corrected chi connectivity index (χ1v) is 10.6. The van der Waals surface area contributed by atoms with Crippen LogP contribution in [-0.2, 0) is 32.0 Å². The number of esters is 1. The van der Waals surface area contributed by atoms with E-state index in [4.69, 9.17) is 4.74 Å². The fourth-order valence-corrected chi connectivity index (χ4v) is 4.20. The molecule has 1 saturated carbocycles. The van der Waals surface area contributed by atoms with E-state index in [0.29, 0.717) is 12.8 Å². The number of aryl methyl sites for hydroxylation is 2. The predicted molar refractivity (Wildman–Crippen MR) is 111 cm³/mol. The Labute approximate surface area is 176 Å². The zero-order valence-electron chi connectivity index (χ0n) is 17.6. The van der Waals surface area contributed by atoms with E-state index in [0.717, 1.165) is 47.4 Å². The number of carbonyl (C=O) groups excluding carboxylic acids is 4. The molecule has 0 atom stereocenters. The van der Waals surface area contributed by atoms with Crippen molar-refractivity contribution in [3.8, 4) is 0 Å². The predicted octanol–water partition coefficient (Wildman–Crippen LogP) is 2.55. The second-order valence-corrected chi connectivity index (χ2v) is 7.79. The van der Waals surface area contributed by atoms with Gasteiger partial charge < -0.3 is 15.4 Å². The van der Waals surface area contributed by atoms with Gasteiger partial charge in [0, 0.05) is 12.2 Å². The maximum Gasteiger partial charge on any atom is 0.325 e. The van der Waals surface area contributed by atoms with Crippen molar-refractivity contribution < 1.29 is 23.9 Å². The number of anilines is 1. The number of benzene rings is 1. The normalized spacial score (nSPS) is 17.3. The highest BCUT2D eigenvalue weighted by Gasteiger charge is 2.52. The molecule has 1 heterocycles. The average molecular weight is 415 g/mol. The molecule has 2 aliphatic rings. The molecular formula is C22H29N3O5. The summed E-state index contributed by atoms with van der Waals surface area (Å²) in [6, 6.07) is 5.40.